The fourth-order valence-corrected chi connectivity index (χ4v) is 2.78. The largest absolute Gasteiger partial charge is 0.378 e. The quantitative estimate of drug-likeness (QED) is 0.808. The van der Waals surface area contributed by atoms with Gasteiger partial charge >= 0.3 is 0 Å². The number of hydrogen-bond acceptors (Lipinski definition) is 3. The van der Waals surface area contributed by atoms with Gasteiger partial charge in [0.15, 0.2) is 0 Å². The molecule has 3 nitrogen and oxygen atoms in total. The van der Waals surface area contributed by atoms with E-state index in [1.807, 2.05) is 7.11 Å². The second-order valence-electron chi connectivity index (χ2n) is 5.31. The summed E-state index contributed by atoms with van der Waals surface area (Å²) >= 11 is 0. The predicted molar refractivity (Wildman–Crippen MR) is 74.6 cm³/mol. The molecule has 0 bridgehead atoms. The van der Waals surface area contributed by atoms with Crippen molar-refractivity contribution in [2.45, 2.75) is 25.1 Å². The van der Waals surface area contributed by atoms with Crippen LogP contribution in [-0.4, -0.2) is 56.2 Å². The highest BCUT2D eigenvalue weighted by molar-refractivity contribution is 5.14. The van der Waals surface area contributed by atoms with Crippen molar-refractivity contribution in [3.8, 4) is 0 Å². The Hall–Kier alpha value is -0.900. The molecule has 0 aromatic heterocycles. The Morgan fingerprint density at radius 2 is 2.00 bits per heavy atom. The van der Waals surface area contributed by atoms with Crippen molar-refractivity contribution in [2.24, 2.45) is 0 Å². The third kappa shape index (κ3) is 3.31. The van der Waals surface area contributed by atoms with E-state index >= 15 is 0 Å². The number of likely N-dealkylation sites (tertiary alicyclic amines) is 1. The molecule has 0 N–H and O–H groups in total. The molecule has 1 aliphatic rings. The Balaban J connectivity index is 1.93. The fourth-order valence-electron chi connectivity index (χ4n) is 2.78. The molecule has 1 heterocycles. The number of ether oxygens (including phenoxy) is 1. The Bertz CT molecular complexity index is 353. The molecule has 100 valence electrons. The summed E-state index contributed by atoms with van der Waals surface area (Å²) < 4.78 is 5.65. The van der Waals surface area contributed by atoms with Crippen LogP contribution in [0.5, 0.6) is 0 Å². The number of likely N-dealkylation sites (N-methyl/N-ethyl adjacent to an activating group) is 1. The highest BCUT2D eigenvalue weighted by atomic mass is 16.5. The van der Waals surface area contributed by atoms with E-state index in [1.54, 1.807) is 0 Å². The van der Waals surface area contributed by atoms with Gasteiger partial charge < -0.3 is 9.64 Å². The van der Waals surface area contributed by atoms with E-state index in [0.29, 0.717) is 12.1 Å². The maximum atomic E-state index is 5.65. The topological polar surface area (TPSA) is 15.7 Å². The van der Waals surface area contributed by atoms with Crippen LogP contribution in [0.25, 0.3) is 0 Å². The van der Waals surface area contributed by atoms with Gasteiger partial charge in [0.2, 0.25) is 0 Å². The van der Waals surface area contributed by atoms with Crippen molar-refractivity contribution in [2.75, 3.05) is 34.3 Å². The third-order valence-electron chi connectivity index (χ3n) is 3.82. The lowest BCUT2D eigenvalue weighted by Gasteiger charge is -2.40. The van der Waals surface area contributed by atoms with Crippen LogP contribution in [0, 0.1) is 0 Å². The van der Waals surface area contributed by atoms with Crippen LogP contribution in [0.15, 0.2) is 30.3 Å². The maximum Gasteiger partial charge on any atom is 0.0853 e. The van der Waals surface area contributed by atoms with Gasteiger partial charge in [0.05, 0.1) is 6.10 Å². The lowest BCUT2D eigenvalue weighted by molar-refractivity contribution is -0.0264. The number of benzene rings is 1. The van der Waals surface area contributed by atoms with Crippen molar-refractivity contribution in [1.82, 2.24) is 9.80 Å². The summed E-state index contributed by atoms with van der Waals surface area (Å²) in [5.41, 5.74) is 1.38. The van der Waals surface area contributed by atoms with Crippen molar-refractivity contribution in [3.63, 3.8) is 0 Å². The van der Waals surface area contributed by atoms with Crippen LogP contribution in [0.2, 0.25) is 0 Å². The molecule has 0 amide bonds. The monoisotopic (exact) mass is 248 g/mol. The van der Waals surface area contributed by atoms with Gasteiger partial charge in [-0.1, -0.05) is 30.3 Å². The van der Waals surface area contributed by atoms with Gasteiger partial charge in [-0.25, -0.2) is 0 Å². The number of nitrogens with zero attached hydrogens (tertiary/aromatic N) is 2. The van der Waals surface area contributed by atoms with E-state index in [1.165, 1.54) is 12.0 Å². The summed E-state index contributed by atoms with van der Waals surface area (Å²) in [4.78, 5) is 4.78. The molecular weight excluding hydrogens is 224 g/mol. The molecule has 1 aromatic carbocycles. The molecular formula is C15H24N2O. The molecule has 1 fully saturated rings. The van der Waals surface area contributed by atoms with Gasteiger partial charge in [0.1, 0.15) is 0 Å². The molecule has 1 saturated heterocycles. The smallest absolute Gasteiger partial charge is 0.0853 e. The second-order valence-corrected chi connectivity index (χ2v) is 5.31. The Morgan fingerprint density at radius 1 is 1.28 bits per heavy atom. The molecule has 18 heavy (non-hydrogen) atoms. The summed E-state index contributed by atoms with van der Waals surface area (Å²) in [6.07, 6.45) is 1.50. The van der Waals surface area contributed by atoms with Gasteiger partial charge in [-0.05, 0) is 26.1 Å². The van der Waals surface area contributed by atoms with Gasteiger partial charge in [0.25, 0.3) is 0 Å². The standard InChI is InChI=1S/C15H24N2O/c1-16(2)14-9-10-17(12-15(14)18-3)11-13-7-5-4-6-8-13/h4-8,14-15H,9-12H2,1-3H3. The summed E-state index contributed by atoms with van der Waals surface area (Å²) in [7, 11) is 6.11. The zero-order valence-corrected chi connectivity index (χ0v) is 11.7. The molecule has 0 saturated carbocycles. The maximum absolute atomic E-state index is 5.65. The van der Waals surface area contributed by atoms with Crippen molar-refractivity contribution in [3.05, 3.63) is 35.9 Å². The number of methoxy groups -OCH3 is 1. The van der Waals surface area contributed by atoms with Crippen LogP contribution in [0.3, 0.4) is 0 Å². The molecule has 0 aliphatic carbocycles. The minimum absolute atomic E-state index is 0.317. The first-order valence-corrected chi connectivity index (χ1v) is 6.66. The van der Waals surface area contributed by atoms with Crippen molar-refractivity contribution in [1.29, 1.82) is 0 Å². The van der Waals surface area contributed by atoms with Crippen molar-refractivity contribution < 1.29 is 4.74 Å². The number of piperidine rings is 1. The number of hydrogen-bond donors (Lipinski definition) is 0. The van der Waals surface area contributed by atoms with E-state index < -0.39 is 0 Å². The molecule has 3 heteroatoms. The van der Waals surface area contributed by atoms with E-state index in [-0.39, 0.29) is 0 Å². The van der Waals surface area contributed by atoms with Gasteiger partial charge in [-0.2, -0.15) is 0 Å². The molecule has 1 aromatic rings. The minimum Gasteiger partial charge on any atom is -0.378 e. The lowest BCUT2D eigenvalue weighted by atomic mass is 10.00. The van der Waals surface area contributed by atoms with Crippen LogP contribution in [-0.2, 0) is 11.3 Å². The zero-order valence-electron chi connectivity index (χ0n) is 11.7. The molecule has 2 atom stereocenters. The SMILES string of the molecule is COC1CN(Cc2ccccc2)CCC1N(C)C. The first-order valence-electron chi connectivity index (χ1n) is 6.66. The fraction of sp³-hybridized carbons (Fsp3) is 0.600. The first-order chi connectivity index (χ1) is 8.70. The molecule has 0 radical (unpaired) electrons. The lowest BCUT2D eigenvalue weighted by Crippen LogP contribution is -2.52. The molecule has 2 rings (SSSR count). The predicted octanol–water partition coefficient (Wildman–Crippen LogP) is 1.84. The Kier molecular flexibility index (Phi) is 4.75. The average molecular weight is 248 g/mol. The second kappa shape index (κ2) is 6.32. The van der Waals surface area contributed by atoms with Gasteiger partial charge in [-0.15, -0.1) is 0 Å². The Morgan fingerprint density at radius 3 is 2.61 bits per heavy atom. The minimum atomic E-state index is 0.317. The molecule has 1 aliphatic heterocycles. The summed E-state index contributed by atoms with van der Waals surface area (Å²) in [6.45, 7) is 3.20. The highest BCUT2D eigenvalue weighted by Crippen LogP contribution is 2.19. The first kappa shape index (κ1) is 13.5. The van der Waals surface area contributed by atoms with Crippen molar-refractivity contribution >= 4 is 0 Å². The zero-order chi connectivity index (χ0) is 13.0. The van der Waals surface area contributed by atoms with Crippen LogP contribution < -0.4 is 0 Å². The average Bonchev–Trinajstić information content (AvgIpc) is 2.39. The van der Waals surface area contributed by atoms with Gasteiger partial charge in [-0.3, -0.25) is 4.90 Å². The Labute approximate surface area is 110 Å². The molecule has 2 unspecified atom stereocenters. The van der Waals surface area contributed by atoms with Crippen LogP contribution in [0.4, 0.5) is 0 Å². The van der Waals surface area contributed by atoms with E-state index in [0.717, 1.165) is 19.6 Å². The normalized spacial score (nSPS) is 25.6. The molecule has 0 spiro atoms. The van der Waals surface area contributed by atoms with Gasteiger partial charge in [0, 0.05) is 32.8 Å². The highest BCUT2D eigenvalue weighted by Gasteiger charge is 2.30. The van der Waals surface area contributed by atoms with E-state index in [2.05, 4.69) is 54.2 Å². The summed E-state index contributed by atoms with van der Waals surface area (Å²) in [6, 6.07) is 11.2. The van der Waals surface area contributed by atoms with Crippen LogP contribution >= 0.6 is 0 Å². The van der Waals surface area contributed by atoms with E-state index in [9.17, 15) is 0 Å². The summed E-state index contributed by atoms with van der Waals surface area (Å²) in [5.74, 6) is 0. The van der Waals surface area contributed by atoms with Crippen LogP contribution in [0.1, 0.15) is 12.0 Å². The summed E-state index contributed by atoms with van der Waals surface area (Å²) in [5, 5.41) is 0. The van der Waals surface area contributed by atoms with E-state index in [4.69, 9.17) is 4.74 Å². The number of rotatable bonds is 4. The third-order valence-corrected chi connectivity index (χ3v) is 3.82.